The highest BCUT2D eigenvalue weighted by Gasteiger charge is 2.36. The van der Waals surface area contributed by atoms with Crippen LogP contribution in [-0.4, -0.2) is 42.3 Å². The van der Waals surface area contributed by atoms with Crippen LogP contribution in [0.1, 0.15) is 31.9 Å². The van der Waals surface area contributed by atoms with Gasteiger partial charge in [-0.05, 0) is 51.3 Å². The Balaban J connectivity index is 1.71. The molecule has 3 rings (SSSR count). The summed E-state index contributed by atoms with van der Waals surface area (Å²) in [6, 6.07) is 7.05. The van der Waals surface area contributed by atoms with Crippen molar-refractivity contribution in [3.63, 3.8) is 0 Å². The summed E-state index contributed by atoms with van der Waals surface area (Å²) in [5.74, 6) is 0. The van der Waals surface area contributed by atoms with Crippen LogP contribution in [-0.2, 0) is 11.2 Å². The molecule has 4 heteroatoms. The number of nitrogens with zero attached hydrogens (tertiary/aromatic N) is 2. The smallest absolute Gasteiger partial charge is 0.410 e. The topological polar surface area (TPSA) is 32.8 Å². The number of benzene rings is 1. The van der Waals surface area contributed by atoms with Crippen LogP contribution in [0.2, 0.25) is 0 Å². The van der Waals surface area contributed by atoms with Gasteiger partial charge in [0.1, 0.15) is 5.60 Å². The quantitative estimate of drug-likeness (QED) is 0.736. The monoisotopic (exact) mass is 288 g/mol. The Kier molecular flexibility index (Phi) is 3.34. The number of amides is 1. The fourth-order valence-corrected chi connectivity index (χ4v) is 3.21. The number of hydrogen-bond donors (Lipinski definition) is 0. The molecule has 0 unspecified atom stereocenters. The maximum Gasteiger partial charge on any atom is 0.410 e. The molecule has 1 saturated heterocycles. The minimum Gasteiger partial charge on any atom is -0.444 e. The Morgan fingerprint density at radius 3 is 2.76 bits per heavy atom. The average molecular weight is 288 g/mol. The first-order chi connectivity index (χ1) is 9.83. The van der Waals surface area contributed by atoms with Gasteiger partial charge in [0.25, 0.3) is 0 Å². The van der Waals surface area contributed by atoms with E-state index in [-0.39, 0.29) is 6.09 Å². The van der Waals surface area contributed by atoms with Crippen LogP contribution in [0.15, 0.2) is 18.2 Å². The Morgan fingerprint density at radius 1 is 1.29 bits per heavy atom. The number of aryl methyl sites for hydroxylation is 1. The molecular formula is C17H24N2O2. The summed E-state index contributed by atoms with van der Waals surface area (Å²) in [5.41, 5.74) is 3.62. The molecule has 0 bridgehead atoms. The zero-order valence-corrected chi connectivity index (χ0v) is 13.3. The molecule has 0 radical (unpaired) electrons. The Morgan fingerprint density at radius 2 is 2.05 bits per heavy atom. The van der Waals surface area contributed by atoms with Gasteiger partial charge in [-0.25, -0.2) is 4.79 Å². The normalized spacial score (nSPS) is 21.0. The maximum atomic E-state index is 12.2. The molecular weight excluding hydrogens is 264 g/mol. The van der Waals surface area contributed by atoms with Crippen molar-refractivity contribution in [1.82, 2.24) is 4.90 Å². The van der Waals surface area contributed by atoms with Gasteiger partial charge in [-0.1, -0.05) is 12.1 Å². The van der Waals surface area contributed by atoms with Crippen molar-refractivity contribution >= 4 is 11.8 Å². The van der Waals surface area contributed by atoms with E-state index in [2.05, 4.69) is 30.0 Å². The van der Waals surface area contributed by atoms with Crippen LogP contribution in [0.4, 0.5) is 10.5 Å². The summed E-state index contributed by atoms with van der Waals surface area (Å²) < 4.78 is 5.49. The zero-order chi connectivity index (χ0) is 15.2. The van der Waals surface area contributed by atoms with Gasteiger partial charge in [0.2, 0.25) is 0 Å². The second-order valence-electron chi connectivity index (χ2n) is 7.11. The van der Waals surface area contributed by atoms with Gasteiger partial charge in [-0.15, -0.1) is 0 Å². The van der Waals surface area contributed by atoms with Crippen molar-refractivity contribution in [3.8, 4) is 0 Å². The van der Waals surface area contributed by atoms with E-state index >= 15 is 0 Å². The van der Waals surface area contributed by atoms with Gasteiger partial charge in [0.15, 0.2) is 0 Å². The lowest BCUT2D eigenvalue weighted by molar-refractivity contribution is 0.0217. The molecule has 1 fully saturated rings. The summed E-state index contributed by atoms with van der Waals surface area (Å²) in [6.45, 7) is 10.2. The molecule has 0 aliphatic carbocycles. The number of carbonyl (C=O) groups excluding carboxylic acids is 1. The van der Waals surface area contributed by atoms with Crippen LogP contribution in [0.25, 0.3) is 0 Å². The lowest BCUT2D eigenvalue weighted by Gasteiger charge is -2.39. The molecule has 114 valence electrons. The van der Waals surface area contributed by atoms with E-state index in [1.54, 1.807) is 0 Å². The van der Waals surface area contributed by atoms with Gasteiger partial charge in [0, 0.05) is 25.3 Å². The largest absolute Gasteiger partial charge is 0.444 e. The lowest BCUT2D eigenvalue weighted by atomic mass is 10.1. The molecule has 0 saturated carbocycles. The Hall–Kier alpha value is -1.71. The summed E-state index contributed by atoms with van der Waals surface area (Å²) in [7, 11) is 0. The van der Waals surface area contributed by atoms with E-state index in [1.165, 1.54) is 16.8 Å². The number of piperazine rings is 1. The van der Waals surface area contributed by atoms with Crippen LogP contribution in [0, 0.1) is 6.92 Å². The minimum atomic E-state index is -0.427. The van der Waals surface area contributed by atoms with Gasteiger partial charge < -0.3 is 14.5 Å². The number of carbonyl (C=O) groups is 1. The molecule has 0 spiro atoms. The first-order valence-electron chi connectivity index (χ1n) is 7.67. The third-order valence-electron chi connectivity index (χ3n) is 4.14. The standard InChI is InChI=1S/C17H24N2O2/c1-12-5-6-13-10-14-11-18(16(20)21-17(2,3)4)7-8-19(14)15(13)9-12/h5-6,9,14H,7-8,10-11H2,1-4H3/t14-/m1/s1. The van der Waals surface area contributed by atoms with Gasteiger partial charge in [-0.3, -0.25) is 0 Å². The third-order valence-corrected chi connectivity index (χ3v) is 4.14. The highest BCUT2D eigenvalue weighted by Crippen LogP contribution is 2.35. The third kappa shape index (κ3) is 2.85. The summed E-state index contributed by atoms with van der Waals surface area (Å²) in [6.07, 6.45) is 0.837. The van der Waals surface area contributed by atoms with Crippen molar-refractivity contribution in [2.24, 2.45) is 0 Å². The molecule has 1 amide bonds. The fraction of sp³-hybridized carbons (Fsp3) is 0.588. The van der Waals surface area contributed by atoms with E-state index in [0.717, 1.165) is 26.1 Å². The molecule has 0 N–H and O–H groups in total. The first-order valence-corrected chi connectivity index (χ1v) is 7.67. The minimum absolute atomic E-state index is 0.186. The van der Waals surface area contributed by atoms with E-state index < -0.39 is 5.60 Å². The van der Waals surface area contributed by atoms with Crippen LogP contribution >= 0.6 is 0 Å². The highest BCUT2D eigenvalue weighted by atomic mass is 16.6. The molecule has 1 aromatic carbocycles. The second-order valence-corrected chi connectivity index (χ2v) is 7.11. The Bertz CT molecular complexity index is 562. The molecule has 21 heavy (non-hydrogen) atoms. The molecule has 4 nitrogen and oxygen atoms in total. The lowest BCUT2D eigenvalue weighted by Crippen LogP contribution is -2.54. The number of ether oxygens (including phenoxy) is 1. The Labute approximate surface area is 126 Å². The molecule has 2 aliphatic heterocycles. The van der Waals surface area contributed by atoms with Crippen LogP contribution < -0.4 is 4.90 Å². The zero-order valence-electron chi connectivity index (χ0n) is 13.3. The van der Waals surface area contributed by atoms with Crippen molar-refractivity contribution < 1.29 is 9.53 Å². The summed E-state index contributed by atoms with van der Waals surface area (Å²) in [4.78, 5) is 16.5. The maximum absolute atomic E-state index is 12.2. The fourth-order valence-electron chi connectivity index (χ4n) is 3.21. The van der Waals surface area contributed by atoms with E-state index in [0.29, 0.717) is 6.04 Å². The van der Waals surface area contributed by atoms with Gasteiger partial charge in [0.05, 0.1) is 6.04 Å². The van der Waals surface area contributed by atoms with Crippen molar-refractivity contribution in [2.45, 2.75) is 45.8 Å². The molecule has 1 aromatic rings. The van der Waals surface area contributed by atoms with Crippen LogP contribution in [0.5, 0.6) is 0 Å². The molecule has 2 aliphatic rings. The molecule has 0 aromatic heterocycles. The summed E-state index contributed by atoms with van der Waals surface area (Å²) in [5, 5.41) is 0. The van der Waals surface area contributed by atoms with E-state index in [9.17, 15) is 4.79 Å². The molecule has 1 atom stereocenters. The number of rotatable bonds is 0. The van der Waals surface area contributed by atoms with Gasteiger partial charge in [-0.2, -0.15) is 0 Å². The number of anilines is 1. The van der Waals surface area contributed by atoms with E-state index in [1.807, 2.05) is 25.7 Å². The van der Waals surface area contributed by atoms with Crippen molar-refractivity contribution in [2.75, 3.05) is 24.5 Å². The predicted octanol–water partition coefficient (Wildman–Crippen LogP) is 2.98. The van der Waals surface area contributed by atoms with Gasteiger partial charge >= 0.3 is 6.09 Å². The number of fused-ring (bicyclic) bond motifs is 3. The highest BCUT2D eigenvalue weighted by molar-refractivity contribution is 5.70. The van der Waals surface area contributed by atoms with Crippen molar-refractivity contribution in [3.05, 3.63) is 29.3 Å². The molecule has 2 heterocycles. The van der Waals surface area contributed by atoms with E-state index in [4.69, 9.17) is 4.74 Å². The second kappa shape index (κ2) is 4.93. The SMILES string of the molecule is Cc1ccc2c(c1)N1CCN(C(=O)OC(C)(C)C)C[C@H]1C2. The van der Waals surface area contributed by atoms with Crippen LogP contribution in [0.3, 0.4) is 0 Å². The number of hydrogen-bond acceptors (Lipinski definition) is 3. The van der Waals surface area contributed by atoms with Crippen molar-refractivity contribution in [1.29, 1.82) is 0 Å². The first kappa shape index (κ1) is 14.2. The summed E-state index contributed by atoms with van der Waals surface area (Å²) >= 11 is 0. The predicted molar refractivity (Wildman–Crippen MR) is 83.8 cm³/mol. The average Bonchev–Trinajstić information content (AvgIpc) is 2.73.